The smallest absolute Gasteiger partial charge is 0.236 e. The van der Waals surface area contributed by atoms with Crippen molar-refractivity contribution >= 4 is 0 Å². The molecule has 0 aliphatic carbocycles. The van der Waals surface area contributed by atoms with Gasteiger partial charge in [-0.3, -0.25) is 0 Å². The molecule has 0 aliphatic rings. The second-order valence-electron chi connectivity index (χ2n) is 5.38. The lowest BCUT2D eigenvalue weighted by Crippen LogP contribution is -2.23. The summed E-state index contributed by atoms with van der Waals surface area (Å²) in [7, 11) is 0. The fourth-order valence-corrected chi connectivity index (χ4v) is 2.19. The van der Waals surface area contributed by atoms with Crippen LogP contribution in [0.5, 0.6) is 0 Å². The first-order valence-electron chi connectivity index (χ1n) is 7.13. The molecule has 0 spiro atoms. The van der Waals surface area contributed by atoms with Gasteiger partial charge in [0.05, 0.1) is 12.1 Å². The minimum Gasteiger partial charge on any atom is -0.236 e. The third kappa shape index (κ3) is 4.53. The molecule has 4 nitrogen and oxygen atoms in total. The van der Waals surface area contributed by atoms with Gasteiger partial charge in [-0.2, -0.15) is 23.7 Å². The zero-order valence-corrected chi connectivity index (χ0v) is 12.6. The van der Waals surface area contributed by atoms with Crippen molar-refractivity contribution in [3.05, 3.63) is 48.3 Å². The fourth-order valence-electron chi connectivity index (χ4n) is 2.19. The molecule has 24 heavy (non-hydrogen) atoms. The molecule has 0 atom stereocenters. The Kier molecular flexibility index (Phi) is 5.15. The molecule has 0 fully saturated rings. The molecule has 1 aromatic carbocycles. The van der Waals surface area contributed by atoms with Crippen LogP contribution in [-0.2, 0) is 6.42 Å². The number of aromatic nitrogens is 2. The summed E-state index contributed by atoms with van der Waals surface area (Å²) < 4.78 is 37.2. The Hall–Kier alpha value is -2.93. The van der Waals surface area contributed by atoms with Crippen LogP contribution >= 0.6 is 0 Å². The quantitative estimate of drug-likeness (QED) is 0.828. The van der Waals surface area contributed by atoms with Gasteiger partial charge in [0.15, 0.2) is 5.82 Å². The van der Waals surface area contributed by atoms with Gasteiger partial charge in [-0.25, -0.2) is 9.97 Å². The van der Waals surface area contributed by atoms with Crippen LogP contribution in [0.2, 0.25) is 0 Å². The van der Waals surface area contributed by atoms with Crippen LogP contribution in [0.4, 0.5) is 13.2 Å². The van der Waals surface area contributed by atoms with E-state index in [1.54, 1.807) is 12.1 Å². The Morgan fingerprint density at radius 2 is 1.50 bits per heavy atom. The highest BCUT2D eigenvalue weighted by Crippen LogP contribution is 2.33. The summed E-state index contributed by atoms with van der Waals surface area (Å²) in [5.74, 6) is 0.467. The largest absolute Gasteiger partial charge is 0.389 e. The second-order valence-corrected chi connectivity index (χ2v) is 5.38. The normalized spacial score (nSPS) is 11.5. The molecule has 0 saturated heterocycles. The monoisotopic (exact) mass is 330 g/mol. The topological polar surface area (TPSA) is 73.4 Å². The zero-order chi connectivity index (χ0) is 17.6. The lowest BCUT2D eigenvalue weighted by atomic mass is 9.81. The van der Waals surface area contributed by atoms with E-state index in [1.807, 2.05) is 30.3 Å². The van der Waals surface area contributed by atoms with Crippen molar-refractivity contribution in [2.24, 2.45) is 5.41 Å². The van der Waals surface area contributed by atoms with Crippen LogP contribution in [-0.4, -0.2) is 16.1 Å². The standard InChI is InChI=1S/C17H13F3N4/c18-17(19,20)7-6-16(11-21,12-22)8-13-9-23-15(24-10-13)14-4-2-1-3-5-14/h1-5,9-10H,6-8H2. The number of nitriles is 2. The molecule has 0 N–H and O–H groups in total. The average Bonchev–Trinajstić information content (AvgIpc) is 2.59. The van der Waals surface area contributed by atoms with Gasteiger partial charge in [0, 0.05) is 30.8 Å². The van der Waals surface area contributed by atoms with Gasteiger partial charge in [-0.15, -0.1) is 0 Å². The molecule has 0 radical (unpaired) electrons. The highest BCUT2D eigenvalue weighted by Gasteiger charge is 2.37. The summed E-state index contributed by atoms with van der Waals surface area (Å²) in [5.41, 5.74) is -0.499. The van der Waals surface area contributed by atoms with Gasteiger partial charge in [0.1, 0.15) is 5.41 Å². The van der Waals surface area contributed by atoms with Gasteiger partial charge in [0.2, 0.25) is 0 Å². The lowest BCUT2D eigenvalue weighted by molar-refractivity contribution is -0.138. The van der Waals surface area contributed by atoms with Crippen LogP contribution in [0, 0.1) is 28.1 Å². The number of hydrogen-bond donors (Lipinski definition) is 0. The maximum Gasteiger partial charge on any atom is 0.389 e. The second kappa shape index (κ2) is 7.10. The molecule has 0 amide bonds. The Labute approximate surface area is 137 Å². The SMILES string of the molecule is N#CC(C#N)(CCC(F)(F)F)Cc1cnc(-c2ccccc2)nc1. The summed E-state index contributed by atoms with van der Waals surface area (Å²) >= 11 is 0. The minimum atomic E-state index is -4.41. The molecule has 1 aromatic heterocycles. The first-order chi connectivity index (χ1) is 11.4. The van der Waals surface area contributed by atoms with Crippen molar-refractivity contribution in [3.63, 3.8) is 0 Å². The number of alkyl halides is 3. The highest BCUT2D eigenvalue weighted by molar-refractivity contribution is 5.54. The maximum absolute atomic E-state index is 12.4. The van der Waals surface area contributed by atoms with Crippen molar-refractivity contribution in [3.8, 4) is 23.5 Å². The predicted molar refractivity (Wildman–Crippen MR) is 80.1 cm³/mol. The van der Waals surface area contributed by atoms with Crippen molar-refractivity contribution in [1.29, 1.82) is 10.5 Å². The highest BCUT2D eigenvalue weighted by atomic mass is 19.4. The summed E-state index contributed by atoms with van der Waals surface area (Å²) in [5, 5.41) is 18.4. The third-order valence-electron chi connectivity index (χ3n) is 3.51. The molecule has 2 rings (SSSR count). The van der Waals surface area contributed by atoms with Gasteiger partial charge in [-0.05, 0) is 12.0 Å². The summed E-state index contributed by atoms with van der Waals surface area (Å²) in [6, 6.07) is 12.6. The van der Waals surface area contributed by atoms with E-state index in [1.165, 1.54) is 12.4 Å². The van der Waals surface area contributed by atoms with Crippen LogP contribution in [0.1, 0.15) is 18.4 Å². The number of nitrogens with zero attached hydrogens (tertiary/aromatic N) is 4. The van der Waals surface area contributed by atoms with Crippen LogP contribution in [0.25, 0.3) is 11.4 Å². The van der Waals surface area contributed by atoms with Crippen molar-refractivity contribution in [2.75, 3.05) is 0 Å². The molecule has 0 saturated carbocycles. The Bertz CT molecular complexity index is 742. The first kappa shape index (κ1) is 17.4. The van der Waals surface area contributed by atoms with E-state index in [4.69, 9.17) is 0 Å². The average molecular weight is 330 g/mol. The molecule has 1 heterocycles. The van der Waals surface area contributed by atoms with Crippen molar-refractivity contribution < 1.29 is 13.2 Å². The molecular weight excluding hydrogens is 317 g/mol. The number of rotatable bonds is 5. The maximum atomic E-state index is 12.4. The number of halogens is 3. The van der Waals surface area contributed by atoms with Crippen LogP contribution in [0.15, 0.2) is 42.7 Å². The molecule has 2 aromatic rings. The van der Waals surface area contributed by atoms with E-state index in [0.29, 0.717) is 11.4 Å². The zero-order valence-electron chi connectivity index (χ0n) is 12.6. The molecule has 122 valence electrons. The van der Waals surface area contributed by atoms with E-state index in [9.17, 15) is 23.7 Å². The minimum absolute atomic E-state index is 0.148. The summed E-state index contributed by atoms with van der Waals surface area (Å²) in [4.78, 5) is 8.32. The van der Waals surface area contributed by atoms with E-state index in [0.717, 1.165) is 5.56 Å². The molecule has 0 bridgehead atoms. The Balaban J connectivity index is 2.16. The molecular formula is C17H13F3N4. The van der Waals surface area contributed by atoms with Crippen LogP contribution < -0.4 is 0 Å². The lowest BCUT2D eigenvalue weighted by Gasteiger charge is -2.19. The van der Waals surface area contributed by atoms with Gasteiger partial charge in [-0.1, -0.05) is 30.3 Å². The van der Waals surface area contributed by atoms with Gasteiger partial charge < -0.3 is 0 Å². The number of benzene rings is 1. The molecule has 7 heteroatoms. The van der Waals surface area contributed by atoms with E-state index in [2.05, 4.69) is 9.97 Å². The Morgan fingerprint density at radius 1 is 0.917 bits per heavy atom. The summed E-state index contributed by atoms with van der Waals surface area (Å²) in [6.07, 6.45) is -3.45. The number of hydrogen-bond acceptors (Lipinski definition) is 4. The van der Waals surface area contributed by atoms with E-state index in [-0.39, 0.29) is 6.42 Å². The molecule has 0 unspecified atom stereocenters. The van der Waals surface area contributed by atoms with E-state index < -0.39 is 24.4 Å². The van der Waals surface area contributed by atoms with Gasteiger partial charge >= 0.3 is 6.18 Å². The van der Waals surface area contributed by atoms with Crippen molar-refractivity contribution in [2.45, 2.75) is 25.4 Å². The predicted octanol–water partition coefficient (Wildman–Crippen LogP) is 4.06. The molecule has 0 aliphatic heterocycles. The van der Waals surface area contributed by atoms with Gasteiger partial charge in [0.25, 0.3) is 0 Å². The van der Waals surface area contributed by atoms with E-state index >= 15 is 0 Å². The van der Waals surface area contributed by atoms with Crippen molar-refractivity contribution in [1.82, 2.24) is 9.97 Å². The fraction of sp³-hybridized carbons (Fsp3) is 0.294. The Morgan fingerprint density at radius 3 is 2.00 bits per heavy atom. The third-order valence-corrected chi connectivity index (χ3v) is 3.51. The summed E-state index contributed by atoms with van der Waals surface area (Å²) in [6.45, 7) is 0. The van der Waals surface area contributed by atoms with Crippen LogP contribution in [0.3, 0.4) is 0 Å². The first-order valence-corrected chi connectivity index (χ1v) is 7.13.